The smallest absolute Gasteiger partial charge is 0.324 e. The van der Waals surface area contributed by atoms with Crippen molar-refractivity contribution in [2.75, 3.05) is 32.7 Å². The first-order chi connectivity index (χ1) is 18.5. The van der Waals surface area contributed by atoms with Gasteiger partial charge in [-0.3, -0.25) is 35.1 Å². The monoisotopic (exact) mass is 544 g/mol. The van der Waals surface area contributed by atoms with Crippen LogP contribution >= 0.6 is 0 Å². The topological polar surface area (TPSA) is 189 Å². The van der Waals surface area contributed by atoms with Gasteiger partial charge in [-0.05, 0) is 38.4 Å². The van der Waals surface area contributed by atoms with Gasteiger partial charge < -0.3 is 19.9 Å². The van der Waals surface area contributed by atoms with Crippen molar-refractivity contribution in [1.82, 2.24) is 14.8 Å². The number of carbonyl (C=O) groups is 1. The van der Waals surface area contributed by atoms with E-state index in [1.54, 1.807) is 0 Å². The minimum atomic E-state index is -1.21. The van der Waals surface area contributed by atoms with E-state index in [9.17, 15) is 35.1 Å². The summed E-state index contributed by atoms with van der Waals surface area (Å²) in [6.45, 7) is 10.7. The number of hydrogen-bond acceptors (Lipinski definition) is 9. The van der Waals surface area contributed by atoms with Crippen LogP contribution in [0.4, 0.5) is 17.1 Å². The molecular formula is C25H32N6O8. The van der Waals surface area contributed by atoms with E-state index in [0.717, 1.165) is 39.1 Å². The van der Waals surface area contributed by atoms with E-state index >= 15 is 0 Å². The molecule has 39 heavy (non-hydrogen) atoms. The molecule has 0 aliphatic heterocycles. The number of hydrogen-bond donors (Lipinski definition) is 2. The highest BCUT2D eigenvalue weighted by Gasteiger charge is 2.30. The molecule has 2 N–H and O–H groups in total. The molecule has 0 unspecified atom stereocenters. The molecule has 0 aliphatic rings. The van der Waals surface area contributed by atoms with Gasteiger partial charge in [0.25, 0.3) is 11.4 Å². The molecule has 1 heterocycles. The molecule has 0 atom stereocenters. The molecule has 0 saturated carbocycles. The zero-order valence-electron chi connectivity index (χ0n) is 22.0. The molecular weight excluding hydrogens is 512 g/mol. The Morgan fingerprint density at radius 3 is 2.00 bits per heavy atom. The SMILES string of the molecule is CCN(CCC(=O)N(CC)CC)CCc1c[nH]c2ccccc12.O=[N+]([O-])c1cc([N+](=O)[O-])c(O)c([N+](=O)[O-])c1. The van der Waals surface area contributed by atoms with Crippen molar-refractivity contribution < 1.29 is 24.7 Å². The second-order valence-electron chi connectivity index (χ2n) is 8.46. The fourth-order valence-corrected chi connectivity index (χ4v) is 4.01. The fraction of sp³-hybridized carbons (Fsp3) is 0.400. The van der Waals surface area contributed by atoms with Gasteiger partial charge in [0.2, 0.25) is 5.91 Å². The van der Waals surface area contributed by atoms with Crippen LogP contribution in [-0.2, 0) is 11.2 Å². The first-order valence-corrected chi connectivity index (χ1v) is 12.4. The van der Waals surface area contributed by atoms with Crippen LogP contribution in [0.15, 0.2) is 42.6 Å². The number of nitrogens with zero attached hydrogens (tertiary/aromatic N) is 5. The Hall–Kier alpha value is -4.59. The van der Waals surface area contributed by atoms with Gasteiger partial charge in [-0.15, -0.1) is 0 Å². The molecule has 0 radical (unpaired) electrons. The van der Waals surface area contributed by atoms with E-state index in [0.29, 0.717) is 18.6 Å². The highest BCUT2D eigenvalue weighted by atomic mass is 16.6. The highest BCUT2D eigenvalue weighted by Crippen LogP contribution is 2.38. The number of aromatic amines is 1. The number of phenols is 1. The van der Waals surface area contributed by atoms with Crippen molar-refractivity contribution in [3.05, 3.63) is 78.5 Å². The van der Waals surface area contributed by atoms with Crippen molar-refractivity contribution in [2.24, 2.45) is 0 Å². The molecule has 14 heteroatoms. The number of rotatable bonds is 12. The molecule has 0 fully saturated rings. The molecule has 3 aromatic rings. The molecule has 3 rings (SSSR count). The van der Waals surface area contributed by atoms with Crippen LogP contribution in [0.1, 0.15) is 32.8 Å². The molecule has 1 aromatic heterocycles. The Bertz CT molecular complexity index is 1290. The summed E-state index contributed by atoms with van der Waals surface area (Å²) in [5, 5.41) is 41.5. The average Bonchev–Trinajstić information content (AvgIpc) is 3.32. The summed E-state index contributed by atoms with van der Waals surface area (Å²) in [5.41, 5.74) is -0.450. The summed E-state index contributed by atoms with van der Waals surface area (Å²) in [4.78, 5) is 47.5. The Balaban J connectivity index is 0.000000293. The number of likely N-dealkylation sites (N-methyl/N-ethyl adjacent to an activating group) is 1. The number of benzene rings is 2. The van der Waals surface area contributed by atoms with Crippen LogP contribution < -0.4 is 0 Å². The van der Waals surface area contributed by atoms with Gasteiger partial charge in [0.15, 0.2) is 0 Å². The number of carbonyl (C=O) groups excluding carboxylic acids is 1. The molecule has 0 spiro atoms. The standard InChI is InChI=1S/C19H29N3O.C6H3N3O7/c1-4-21(14-12-19(23)22(5-2)6-3)13-11-16-15-20-18-10-8-7-9-17(16)18;10-6-4(8(13)14)1-3(7(11)12)2-5(6)9(15)16/h7-10,15,20H,4-6,11-14H2,1-3H3;1-2,10H. The number of H-pyrrole nitrogens is 1. The molecule has 0 bridgehead atoms. The Morgan fingerprint density at radius 2 is 1.49 bits per heavy atom. The van der Waals surface area contributed by atoms with E-state index in [4.69, 9.17) is 5.11 Å². The fourth-order valence-electron chi connectivity index (χ4n) is 4.01. The van der Waals surface area contributed by atoms with Crippen LogP contribution in [0.2, 0.25) is 0 Å². The van der Waals surface area contributed by atoms with Gasteiger partial charge in [-0.25, -0.2) is 0 Å². The minimum absolute atomic E-state index is 0.264. The third kappa shape index (κ3) is 8.20. The number of fused-ring (bicyclic) bond motifs is 1. The van der Waals surface area contributed by atoms with Gasteiger partial charge in [0, 0.05) is 49.7 Å². The average molecular weight is 545 g/mol. The van der Waals surface area contributed by atoms with Crippen molar-refractivity contribution in [2.45, 2.75) is 33.6 Å². The lowest BCUT2D eigenvalue weighted by molar-refractivity contribution is -0.404. The van der Waals surface area contributed by atoms with Gasteiger partial charge in [0.05, 0.1) is 26.9 Å². The van der Waals surface area contributed by atoms with Crippen molar-refractivity contribution in [3.8, 4) is 5.75 Å². The second kappa shape index (κ2) is 14.4. The summed E-state index contributed by atoms with van der Waals surface area (Å²) in [6.07, 6.45) is 3.74. The number of nitrogens with one attached hydrogen (secondary N) is 1. The van der Waals surface area contributed by atoms with Crippen LogP contribution in [0.3, 0.4) is 0 Å². The predicted molar refractivity (Wildman–Crippen MR) is 145 cm³/mol. The maximum absolute atomic E-state index is 12.1. The number of aromatic nitrogens is 1. The first kappa shape index (κ1) is 30.6. The van der Waals surface area contributed by atoms with Crippen LogP contribution in [0.25, 0.3) is 10.9 Å². The van der Waals surface area contributed by atoms with E-state index in [2.05, 4.69) is 47.3 Å². The third-order valence-electron chi connectivity index (χ3n) is 6.24. The second-order valence-corrected chi connectivity index (χ2v) is 8.46. The van der Waals surface area contributed by atoms with Crippen molar-refractivity contribution in [1.29, 1.82) is 0 Å². The maximum atomic E-state index is 12.1. The summed E-state index contributed by atoms with van der Waals surface area (Å²) >= 11 is 0. The number of aromatic hydroxyl groups is 1. The first-order valence-electron chi connectivity index (χ1n) is 12.4. The van der Waals surface area contributed by atoms with Crippen LogP contribution in [0, 0.1) is 30.3 Å². The van der Waals surface area contributed by atoms with E-state index in [1.165, 1.54) is 16.5 Å². The Kier molecular flexibility index (Phi) is 11.3. The van der Waals surface area contributed by atoms with E-state index < -0.39 is 37.6 Å². The maximum Gasteiger partial charge on any atom is 0.324 e. The number of nitro groups is 3. The number of phenolic OH excluding ortho intramolecular Hbond substituents is 1. The number of para-hydroxylation sites is 1. The molecule has 2 aromatic carbocycles. The third-order valence-corrected chi connectivity index (χ3v) is 6.24. The molecule has 0 saturated heterocycles. The zero-order chi connectivity index (χ0) is 29.1. The molecule has 1 amide bonds. The largest absolute Gasteiger partial charge is 0.497 e. The molecule has 0 aliphatic carbocycles. The van der Waals surface area contributed by atoms with Crippen LogP contribution in [-0.4, -0.2) is 73.3 Å². The summed E-state index contributed by atoms with van der Waals surface area (Å²) < 4.78 is 0. The van der Waals surface area contributed by atoms with Gasteiger partial charge in [-0.2, -0.15) is 0 Å². The zero-order valence-corrected chi connectivity index (χ0v) is 22.0. The Morgan fingerprint density at radius 1 is 0.897 bits per heavy atom. The number of non-ortho nitro benzene ring substituents is 1. The lowest BCUT2D eigenvalue weighted by Crippen LogP contribution is -2.35. The van der Waals surface area contributed by atoms with Crippen LogP contribution in [0.5, 0.6) is 5.75 Å². The summed E-state index contributed by atoms with van der Waals surface area (Å²) in [6, 6.07) is 9.31. The normalized spacial score (nSPS) is 10.7. The lowest BCUT2D eigenvalue weighted by Gasteiger charge is -2.23. The quantitative estimate of drug-likeness (QED) is 0.246. The van der Waals surface area contributed by atoms with Gasteiger partial charge >= 0.3 is 11.4 Å². The predicted octanol–water partition coefficient (Wildman–Crippen LogP) is 4.41. The van der Waals surface area contributed by atoms with E-state index in [-0.39, 0.29) is 5.91 Å². The molecule has 210 valence electrons. The van der Waals surface area contributed by atoms with Gasteiger partial charge in [-0.1, -0.05) is 25.1 Å². The van der Waals surface area contributed by atoms with Gasteiger partial charge in [0.1, 0.15) is 0 Å². The summed E-state index contributed by atoms with van der Waals surface area (Å²) in [7, 11) is 0. The minimum Gasteiger partial charge on any atom is -0.497 e. The van der Waals surface area contributed by atoms with E-state index in [1.807, 2.05) is 18.7 Å². The summed E-state index contributed by atoms with van der Waals surface area (Å²) in [5.74, 6) is -0.943. The molecule has 14 nitrogen and oxygen atoms in total. The number of nitro benzene ring substituents is 3. The van der Waals surface area contributed by atoms with Crippen molar-refractivity contribution in [3.63, 3.8) is 0 Å². The highest BCUT2D eigenvalue weighted by molar-refractivity contribution is 5.83. The number of amides is 1. The Labute approximate surface area is 224 Å². The lowest BCUT2D eigenvalue weighted by atomic mass is 10.1. The van der Waals surface area contributed by atoms with Crippen molar-refractivity contribution >= 4 is 33.9 Å².